The van der Waals surface area contributed by atoms with Crippen LogP contribution in [0.25, 0.3) is 0 Å². The van der Waals surface area contributed by atoms with Gasteiger partial charge in [-0.1, -0.05) is 13.8 Å². The second-order valence-electron chi connectivity index (χ2n) is 2.59. The molecule has 0 aliphatic carbocycles. The van der Waals surface area contributed by atoms with Crippen molar-refractivity contribution in [2.24, 2.45) is 0 Å². The Morgan fingerprint density at radius 3 is 2.29 bits per heavy atom. The molecule has 1 aromatic heterocycles. The van der Waals surface area contributed by atoms with Crippen LogP contribution in [0, 0.1) is 0 Å². The van der Waals surface area contributed by atoms with Crippen molar-refractivity contribution in [3.8, 4) is 0 Å². The minimum atomic E-state index is -0.275. The summed E-state index contributed by atoms with van der Waals surface area (Å²) in [7, 11) is 1.46. The van der Waals surface area contributed by atoms with Crippen LogP contribution in [-0.2, 0) is 0 Å². The Kier molecular flexibility index (Phi) is 2.96. The molecule has 1 aliphatic heterocycles. The standard InChI is InChI=1S/C8H6N2O2.C2H6/c1-10-7(11)5-2-3-9-4-6(5)8(10)12;1-2/h2-4H,1H3;1-2H3. The van der Waals surface area contributed by atoms with Crippen molar-refractivity contribution < 1.29 is 9.59 Å². The first-order valence-corrected chi connectivity index (χ1v) is 4.48. The Morgan fingerprint density at radius 1 is 1.14 bits per heavy atom. The molecule has 2 amide bonds. The first-order chi connectivity index (χ1) is 6.72. The summed E-state index contributed by atoms with van der Waals surface area (Å²) in [5.41, 5.74) is 0.836. The number of fused-ring (bicyclic) bond motifs is 1. The number of carbonyl (C=O) groups is 2. The number of aromatic nitrogens is 1. The van der Waals surface area contributed by atoms with E-state index in [2.05, 4.69) is 4.98 Å². The first-order valence-electron chi connectivity index (χ1n) is 4.48. The van der Waals surface area contributed by atoms with Gasteiger partial charge in [-0.3, -0.25) is 19.5 Å². The van der Waals surface area contributed by atoms with Crippen molar-refractivity contribution in [1.29, 1.82) is 0 Å². The summed E-state index contributed by atoms with van der Waals surface area (Å²) >= 11 is 0. The highest BCUT2D eigenvalue weighted by molar-refractivity contribution is 6.20. The van der Waals surface area contributed by atoms with Crippen LogP contribution in [0.1, 0.15) is 34.6 Å². The van der Waals surface area contributed by atoms with Crippen molar-refractivity contribution in [3.63, 3.8) is 0 Å². The van der Waals surface area contributed by atoms with Gasteiger partial charge in [0.15, 0.2) is 0 Å². The molecule has 2 heterocycles. The fourth-order valence-electron chi connectivity index (χ4n) is 1.20. The van der Waals surface area contributed by atoms with Gasteiger partial charge in [0.05, 0.1) is 11.1 Å². The molecule has 14 heavy (non-hydrogen) atoms. The van der Waals surface area contributed by atoms with Crippen LogP contribution in [-0.4, -0.2) is 28.7 Å². The molecule has 74 valence electrons. The smallest absolute Gasteiger partial charge is 0.262 e. The van der Waals surface area contributed by atoms with E-state index in [0.717, 1.165) is 4.90 Å². The highest BCUT2D eigenvalue weighted by atomic mass is 16.2. The number of imide groups is 1. The molecule has 0 spiro atoms. The van der Waals surface area contributed by atoms with Gasteiger partial charge in [-0.25, -0.2) is 0 Å². The summed E-state index contributed by atoms with van der Waals surface area (Å²) in [5.74, 6) is -0.527. The Morgan fingerprint density at radius 2 is 1.71 bits per heavy atom. The predicted molar refractivity (Wildman–Crippen MR) is 52.0 cm³/mol. The zero-order valence-corrected chi connectivity index (χ0v) is 8.44. The van der Waals surface area contributed by atoms with E-state index in [1.165, 1.54) is 19.4 Å². The van der Waals surface area contributed by atoms with E-state index in [0.29, 0.717) is 11.1 Å². The Labute approximate surface area is 82.6 Å². The maximum absolute atomic E-state index is 11.3. The van der Waals surface area contributed by atoms with E-state index in [1.807, 2.05) is 13.8 Å². The van der Waals surface area contributed by atoms with Gasteiger partial charge in [-0.15, -0.1) is 0 Å². The van der Waals surface area contributed by atoms with E-state index < -0.39 is 0 Å². The number of amides is 2. The SMILES string of the molecule is CC.CN1C(=O)c2ccncc2C1=O. The average Bonchev–Trinajstić information content (AvgIpc) is 2.48. The number of pyridine rings is 1. The summed E-state index contributed by atoms with van der Waals surface area (Å²) in [6.45, 7) is 4.00. The molecule has 0 saturated carbocycles. The normalized spacial score (nSPS) is 13.5. The molecule has 0 fully saturated rings. The van der Waals surface area contributed by atoms with Crippen molar-refractivity contribution in [1.82, 2.24) is 9.88 Å². The molecule has 0 bridgehead atoms. The third-order valence-electron chi connectivity index (χ3n) is 1.89. The van der Waals surface area contributed by atoms with Crippen LogP contribution >= 0.6 is 0 Å². The lowest BCUT2D eigenvalue weighted by molar-refractivity contribution is 0.0693. The molecule has 0 atom stereocenters. The molecule has 0 radical (unpaired) electrons. The maximum Gasteiger partial charge on any atom is 0.262 e. The van der Waals surface area contributed by atoms with Gasteiger partial charge >= 0.3 is 0 Å². The molecule has 0 unspecified atom stereocenters. The molecule has 2 rings (SSSR count). The minimum absolute atomic E-state index is 0.252. The Hall–Kier alpha value is -1.71. The third-order valence-corrected chi connectivity index (χ3v) is 1.89. The molecular weight excluding hydrogens is 180 g/mol. The zero-order valence-electron chi connectivity index (χ0n) is 8.44. The zero-order chi connectivity index (χ0) is 10.7. The summed E-state index contributed by atoms with van der Waals surface area (Å²) in [4.78, 5) is 27.4. The molecule has 0 saturated heterocycles. The van der Waals surface area contributed by atoms with Crippen LogP contribution in [0.2, 0.25) is 0 Å². The minimum Gasteiger partial charge on any atom is -0.277 e. The van der Waals surface area contributed by atoms with Gasteiger partial charge in [-0.05, 0) is 6.07 Å². The lowest BCUT2D eigenvalue weighted by Gasteiger charge is -2.02. The fourth-order valence-corrected chi connectivity index (χ4v) is 1.20. The highest BCUT2D eigenvalue weighted by Gasteiger charge is 2.32. The monoisotopic (exact) mass is 192 g/mol. The number of nitrogens with zero attached hydrogens (tertiary/aromatic N) is 2. The lowest BCUT2D eigenvalue weighted by atomic mass is 10.2. The van der Waals surface area contributed by atoms with Gasteiger partial charge in [0.2, 0.25) is 0 Å². The second-order valence-corrected chi connectivity index (χ2v) is 2.59. The molecule has 1 aromatic rings. The van der Waals surface area contributed by atoms with Crippen molar-refractivity contribution in [2.75, 3.05) is 7.05 Å². The number of hydrogen-bond acceptors (Lipinski definition) is 3. The van der Waals surface area contributed by atoms with Crippen LogP contribution in [0.3, 0.4) is 0 Å². The average molecular weight is 192 g/mol. The molecule has 4 heteroatoms. The largest absolute Gasteiger partial charge is 0.277 e. The summed E-state index contributed by atoms with van der Waals surface area (Å²) in [5, 5.41) is 0. The summed E-state index contributed by atoms with van der Waals surface area (Å²) in [6, 6.07) is 1.55. The van der Waals surface area contributed by atoms with Gasteiger partial charge in [0.1, 0.15) is 0 Å². The maximum atomic E-state index is 11.3. The number of carbonyl (C=O) groups excluding carboxylic acids is 2. The predicted octanol–water partition coefficient (Wildman–Crippen LogP) is 1.33. The molecule has 0 aromatic carbocycles. The van der Waals surface area contributed by atoms with E-state index in [-0.39, 0.29) is 11.8 Å². The van der Waals surface area contributed by atoms with E-state index >= 15 is 0 Å². The van der Waals surface area contributed by atoms with Crippen LogP contribution in [0.5, 0.6) is 0 Å². The highest BCUT2D eigenvalue weighted by Crippen LogP contribution is 2.19. The summed E-state index contributed by atoms with van der Waals surface area (Å²) < 4.78 is 0. The quantitative estimate of drug-likeness (QED) is 0.583. The second kappa shape index (κ2) is 4.00. The van der Waals surface area contributed by atoms with Crippen LogP contribution in [0.4, 0.5) is 0 Å². The molecule has 0 N–H and O–H groups in total. The van der Waals surface area contributed by atoms with Gasteiger partial charge in [0, 0.05) is 19.4 Å². The Bertz CT molecular complexity index is 339. The molecule has 4 nitrogen and oxygen atoms in total. The number of hydrogen-bond donors (Lipinski definition) is 0. The first kappa shape index (κ1) is 10.4. The fraction of sp³-hybridized carbons (Fsp3) is 0.300. The van der Waals surface area contributed by atoms with Gasteiger partial charge in [0.25, 0.3) is 11.8 Å². The van der Waals surface area contributed by atoms with Crippen molar-refractivity contribution >= 4 is 11.8 Å². The van der Waals surface area contributed by atoms with Crippen LogP contribution in [0.15, 0.2) is 18.5 Å². The van der Waals surface area contributed by atoms with Gasteiger partial charge < -0.3 is 0 Å². The van der Waals surface area contributed by atoms with Crippen LogP contribution < -0.4 is 0 Å². The van der Waals surface area contributed by atoms with E-state index in [9.17, 15) is 9.59 Å². The van der Waals surface area contributed by atoms with Crippen molar-refractivity contribution in [2.45, 2.75) is 13.8 Å². The van der Waals surface area contributed by atoms with Gasteiger partial charge in [-0.2, -0.15) is 0 Å². The van der Waals surface area contributed by atoms with E-state index in [1.54, 1.807) is 6.07 Å². The number of rotatable bonds is 0. The van der Waals surface area contributed by atoms with Crippen molar-refractivity contribution in [3.05, 3.63) is 29.6 Å². The third kappa shape index (κ3) is 1.39. The lowest BCUT2D eigenvalue weighted by Crippen LogP contribution is -2.24. The Balaban J connectivity index is 0.000000461. The topological polar surface area (TPSA) is 50.3 Å². The summed E-state index contributed by atoms with van der Waals surface area (Å²) in [6.07, 6.45) is 2.92. The van der Waals surface area contributed by atoms with E-state index in [4.69, 9.17) is 0 Å². The molecule has 1 aliphatic rings. The molecular formula is C10H12N2O2.